The first kappa shape index (κ1) is 33.9. The first-order chi connectivity index (χ1) is 22.0. The predicted octanol–water partition coefficient (Wildman–Crippen LogP) is 6.51. The van der Waals surface area contributed by atoms with Crippen LogP contribution in [-0.4, -0.2) is 84.5 Å². The Kier molecular flexibility index (Phi) is 9.66. The van der Waals surface area contributed by atoms with Gasteiger partial charge in [-0.15, -0.1) is 18.8 Å². The second-order valence-corrected chi connectivity index (χ2v) is 17.2. The third-order valence-corrected chi connectivity index (χ3v) is 15.1. The molecule has 2 aliphatic heterocycles. The molecule has 0 amide bonds. The van der Waals surface area contributed by atoms with Crippen molar-refractivity contribution in [1.82, 2.24) is 0 Å². The lowest BCUT2D eigenvalue weighted by atomic mass is 9.44. The monoisotopic (exact) mass is 634 g/mol. The van der Waals surface area contributed by atoms with Gasteiger partial charge in [0.1, 0.15) is 18.6 Å². The summed E-state index contributed by atoms with van der Waals surface area (Å²) in [7, 11) is 0. The molecule has 4 saturated carbocycles. The van der Waals surface area contributed by atoms with E-state index in [4.69, 9.17) is 22.3 Å². The summed E-state index contributed by atoms with van der Waals surface area (Å²) in [5, 5.41) is 0. The van der Waals surface area contributed by atoms with Crippen molar-refractivity contribution in [2.75, 3.05) is 39.3 Å². The number of ether oxygens (including phenoxy) is 2. The fraction of sp³-hybridized carbons (Fsp3) is 0.850. The first-order valence-electron chi connectivity index (χ1n) is 18.9. The van der Waals surface area contributed by atoms with Gasteiger partial charge in [-0.2, -0.15) is 0 Å². The molecule has 0 aromatic carbocycles. The van der Waals surface area contributed by atoms with Gasteiger partial charge in [-0.25, -0.2) is 0 Å². The Morgan fingerprint density at radius 2 is 1.41 bits per heavy atom. The van der Waals surface area contributed by atoms with Crippen molar-refractivity contribution in [3.8, 4) is 24.7 Å². The van der Waals surface area contributed by atoms with Crippen LogP contribution in [0.4, 0.5) is 0 Å². The lowest BCUT2D eigenvalue weighted by Gasteiger charge is -2.63. The number of hydrogen-bond donors (Lipinski definition) is 0. The molecule has 10 atom stereocenters. The van der Waals surface area contributed by atoms with Crippen LogP contribution in [0.5, 0.6) is 0 Å². The van der Waals surface area contributed by atoms with Crippen molar-refractivity contribution >= 4 is 11.9 Å². The van der Waals surface area contributed by atoms with Crippen LogP contribution in [0.25, 0.3) is 0 Å². The fourth-order valence-corrected chi connectivity index (χ4v) is 13.1. The van der Waals surface area contributed by atoms with Crippen molar-refractivity contribution < 1.29 is 28.0 Å². The highest BCUT2D eigenvalue weighted by Crippen LogP contribution is 2.68. The average molecular weight is 635 g/mol. The molecule has 6 heteroatoms. The number of carbonyl (C=O) groups is 2. The third-order valence-electron chi connectivity index (χ3n) is 15.1. The summed E-state index contributed by atoms with van der Waals surface area (Å²) in [5.74, 6) is 8.15. The summed E-state index contributed by atoms with van der Waals surface area (Å²) >= 11 is 0. The third kappa shape index (κ3) is 5.72. The van der Waals surface area contributed by atoms with E-state index in [-0.39, 0.29) is 41.0 Å². The largest absolute Gasteiger partial charge is 0.456 e. The molecule has 9 unspecified atom stereocenters. The number of terminal acetylenes is 2. The Hall–Kier alpha value is -2.02. The van der Waals surface area contributed by atoms with Crippen molar-refractivity contribution in [3.05, 3.63) is 0 Å². The predicted molar refractivity (Wildman–Crippen MR) is 181 cm³/mol. The Morgan fingerprint density at radius 3 is 2.02 bits per heavy atom. The Labute approximate surface area is 279 Å². The summed E-state index contributed by atoms with van der Waals surface area (Å²) in [5.41, 5.74) is 0.191. The highest BCUT2D eigenvalue weighted by atomic mass is 16.5. The molecule has 2 heterocycles. The summed E-state index contributed by atoms with van der Waals surface area (Å²) in [6.07, 6.45) is 28.1. The van der Waals surface area contributed by atoms with Gasteiger partial charge < -0.3 is 18.4 Å². The topological polar surface area (TPSA) is 52.6 Å². The number of nitrogens with zero attached hydrogens (tertiary/aromatic N) is 2. The molecule has 0 aromatic rings. The number of hydrogen-bond acceptors (Lipinski definition) is 4. The van der Waals surface area contributed by atoms with Crippen LogP contribution in [-0.2, 0) is 19.1 Å². The quantitative estimate of drug-likeness (QED) is 0.182. The maximum absolute atomic E-state index is 12.7. The molecule has 46 heavy (non-hydrogen) atoms. The van der Waals surface area contributed by atoms with E-state index in [0.29, 0.717) is 29.7 Å². The molecule has 0 N–H and O–H groups in total. The Balaban J connectivity index is 1.34. The van der Waals surface area contributed by atoms with Crippen molar-refractivity contribution in [3.63, 3.8) is 0 Å². The standard InChI is InChI=1S/C40H62N2O4/c1-7-9-21-42(24-14-11-15-25-42)35-27-34-32-17-16-31-26-37(45-29(3)43)36(41(20-8-2)22-12-10-13-23-41)28-40(31,6)33(32)18-19-39(34,5)38(35)46-30(4)44/h1-2,31-38H,9-28H2,3-6H3/q+2/t31?,32?,33?,34?,35?,36?,37-,38?,39?,40?/m0/s1. The zero-order chi connectivity index (χ0) is 32.7. The molecular weight excluding hydrogens is 572 g/mol. The second-order valence-electron chi connectivity index (χ2n) is 17.2. The highest BCUT2D eigenvalue weighted by Gasteiger charge is 2.68. The molecule has 6 nitrogen and oxygen atoms in total. The number of carbonyl (C=O) groups excluding carboxylic acids is 2. The number of esters is 2. The van der Waals surface area contributed by atoms with Gasteiger partial charge in [0.25, 0.3) is 0 Å². The fourth-order valence-electron chi connectivity index (χ4n) is 13.1. The molecule has 6 aliphatic rings. The molecular formula is C40H62N2O4+2. The summed E-state index contributed by atoms with van der Waals surface area (Å²) in [4.78, 5) is 25.2. The summed E-state index contributed by atoms with van der Waals surface area (Å²) in [6.45, 7) is 14.6. The average Bonchev–Trinajstić information content (AvgIpc) is 3.33. The van der Waals surface area contributed by atoms with E-state index in [2.05, 4.69) is 25.7 Å². The van der Waals surface area contributed by atoms with E-state index in [9.17, 15) is 9.59 Å². The number of fused-ring (bicyclic) bond motifs is 5. The van der Waals surface area contributed by atoms with E-state index in [0.717, 1.165) is 80.3 Å². The van der Waals surface area contributed by atoms with Crippen LogP contribution in [0, 0.1) is 59.2 Å². The first-order valence-corrected chi connectivity index (χ1v) is 18.9. The van der Waals surface area contributed by atoms with Crippen LogP contribution in [0.15, 0.2) is 0 Å². The molecule has 0 aromatic heterocycles. The van der Waals surface area contributed by atoms with Crippen LogP contribution in [0.3, 0.4) is 0 Å². The van der Waals surface area contributed by atoms with E-state index in [1.807, 2.05) is 0 Å². The normalized spacial score (nSPS) is 42.7. The van der Waals surface area contributed by atoms with E-state index in [1.165, 1.54) is 57.8 Å². The van der Waals surface area contributed by atoms with E-state index in [1.54, 1.807) is 13.8 Å². The lowest BCUT2D eigenvalue weighted by Crippen LogP contribution is -2.68. The smallest absolute Gasteiger partial charge is 0.303 e. The summed E-state index contributed by atoms with van der Waals surface area (Å²) in [6, 6.07) is 0.603. The maximum atomic E-state index is 12.7. The molecule has 254 valence electrons. The molecule has 0 bridgehead atoms. The molecule has 2 saturated heterocycles. The Bertz CT molecular complexity index is 1220. The molecule has 4 aliphatic carbocycles. The minimum atomic E-state index is -0.148. The maximum Gasteiger partial charge on any atom is 0.303 e. The van der Waals surface area contributed by atoms with Gasteiger partial charge in [0.05, 0.1) is 39.1 Å². The van der Waals surface area contributed by atoms with Gasteiger partial charge in [-0.1, -0.05) is 13.8 Å². The van der Waals surface area contributed by atoms with Crippen LogP contribution in [0.2, 0.25) is 0 Å². The minimum Gasteiger partial charge on any atom is -0.456 e. The molecule has 0 spiro atoms. The van der Waals surface area contributed by atoms with Gasteiger partial charge in [-0.3, -0.25) is 9.59 Å². The van der Waals surface area contributed by atoms with Crippen LogP contribution >= 0.6 is 0 Å². The van der Waals surface area contributed by atoms with Crippen molar-refractivity contribution in [1.29, 1.82) is 0 Å². The van der Waals surface area contributed by atoms with Crippen LogP contribution < -0.4 is 0 Å². The minimum absolute atomic E-state index is 0.00197. The Morgan fingerprint density at radius 1 is 0.761 bits per heavy atom. The van der Waals surface area contributed by atoms with E-state index >= 15 is 0 Å². The number of likely N-dealkylation sites (tertiary alicyclic amines) is 2. The lowest BCUT2D eigenvalue weighted by molar-refractivity contribution is -0.957. The van der Waals surface area contributed by atoms with Gasteiger partial charge in [0.2, 0.25) is 0 Å². The van der Waals surface area contributed by atoms with Crippen molar-refractivity contribution in [2.24, 2.45) is 34.5 Å². The number of quaternary nitrogens is 2. The van der Waals surface area contributed by atoms with Gasteiger partial charge in [-0.05, 0) is 106 Å². The van der Waals surface area contributed by atoms with E-state index < -0.39 is 0 Å². The highest BCUT2D eigenvalue weighted by molar-refractivity contribution is 5.66. The zero-order valence-corrected chi connectivity index (χ0v) is 29.4. The second kappa shape index (κ2) is 13.1. The SMILES string of the molecule is C#CCC[N+]1(C2CC3C4CCC5C[C@H](OC(C)=O)C([N+]6(CC#C)CCCCC6)CC5(C)C4CCC3(C)C2OC(C)=O)CCCCC1. The molecule has 0 radical (unpaired) electrons. The van der Waals surface area contributed by atoms with Gasteiger partial charge in [0, 0.05) is 32.1 Å². The zero-order valence-electron chi connectivity index (χ0n) is 29.4. The van der Waals surface area contributed by atoms with Gasteiger partial charge in [0.15, 0.2) is 12.2 Å². The molecule has 6 rings (SSSR count). The van der Waals surface area contributed by atoms with Crippen LogP contribution in [0.1, 0.15) is 118 Å². The number of piperidine rings is 2. The van der Waals surface area contributed by atoms with Crippen molar-refractivity contribution in [2.45, 2.75) is 142 Å². The molecule has 6 fully saturated rings. The van der Waals surface area contributed by atoms with Gasteiger partial charge >= 0.3 is 11.9 Å². The number of rotatable bonds is 7. The summed E-state index contributed by atoms with van der Waals surface area (Å²) < 4.78 is 14.7.